The Kier molecular flexibility index (Phi) is 6.20. The Labute approximate surface area is 185 Å². The van der Waals surface area contributed by atoms with E-state index in [1.165, 1.54) is 20.3 Å². The van der Waals surface area contributed by atoms with Gasteiger partial charge >= 0.3 is 0 Å². The first-order chi connectivity index (χ1) is 15.0. The van der Waals surface area contributed by atoms with E-state index >= 15 is 0 Å². The molecule has 2 amide bonds. The lowest BCUT2D eigenvalue weighted by molar-refractivity contribution is -0.142. The fourth-order valence-corrected chi connectivity index (χ4v) is 4.03. The normalized spacial score (nSPS) is 18.1. The molecule has 2 aromatic carbocycles. The third-order valence-electron chi connectivity index (χ3n) is 5.30. The average Bonchev–Trinajstić information content (AvgIpc) is 2.82. The van der Waals surface area contributed by atoms with Gasteiger partial charge in [-0.15, -0.1) is 0 Å². The minimum Gasteiger partial charge on any atom is -0.493 e. The van der Waals surface area contributed by atoms with Crippen LogP contribution in [0.25, 0.3) is 0 Å². The summed E-state index contributed by atoms with van der Waals surface area (Å²) in [5, 5.41) is 0.257. The summed E-state index contributed by atoms with van der Waals surface area (Å²) in [6.45, 7) is 2.06. The number of halogens is 1. The molecule has 0 saturated carbocycles. The number of rotatable bonds is 4. The highest BCUT2D eigenvalue weighted by Crippen LogP contribution is 2.38. The van der Waals surface area contributed by atoms with Gasteiger partial charge in [-0.3, -0.25) is 9.59 Å². The monoisotopic (exact) mass is 446 g/mol. The molecule has 2 aromatic rings. The lowest BCUT2D eigenvalue weighted by Crippen LogP contribution is -2.54. The Morgan fingerprint density at radius 3 is 2.55 bits per heavy atom. The molecule has 2 aliphatic heterocycles. The summed E-state index contributed by atoms with van der Waals surface area (Å²) in [4.78, 5) is 29.8. The number of benzene rings is 2. The first-order valence-corrected chi connectivity index (χ1v) is 10.3. The molecular weight excluding hydrogens is 424 g/mol. The molecule has 0 aliphatic carbocycles. The third kappa shape index (κ3) is 4.13. The molecular formula is C22H23ClN2O6. The van der Waals surface area contributed by atoms with Crippen LogP contribution in [0.1, 0.15) is 10.4 Å². The number of ether oxygens (including phenoxy) is 4. The van der Waals surface area contributed by atoms with Crippen LogP contribution in [0.2, 0.25) is 5.02 Å². The highest BCUT2D eigenvalue weighted by atomic mass is 35.5. The van der Waals surface area contributed by atoms with Crippen molar-refractivity contribution in [3.63, 3.8) is 0 Å². The fraction of sp³-hybridized carbons (Fsp3) is 0.364. The van der Waals surface area contributed by atoms with E-state index in [0.717, 1.165) is 0 Å². The predicted molar refractivity (Wildman–Crippen MR) is 114 cm³/mol. The average molecular weight is 447 g/mol. The molecule has 0 aromatic heterocycles. The SMILES string of the molecule is COc1cc(C(=O)N2C[C@@H](C(=O)N3CCOCC3)Oc3ccccc32)cc(Cl)c1OC. The number of fused-ring (bicyclic) bond motifs is 1. The lowest BCUT2D eigenvalue weighted by Gasteiger charge is -2.37. The van der Waals surface area contributed by atoms with E-state index in [4.69, 9.17) is 30.5 Å². The van der Waals surface area contributed by atoms with Gasteiger partial charge < -0.3 is 28.7 Å². The predicted octanol–water partition coefficient (Wildman–Crippen LogP) is 2.62. The van der Waals surface area contributed by atoms with Gasteiger partial charge in [0.25, 0.3) is 11.8 Å². The number of carbonyl (C=O) groups excluding carboxylic acids is 2. The Morgan fingerprint density at radius 2 is 1.84 bits per heavy atom. The zero-order valence-corrected chi connectivity index (χ0v) is 18.1. The summed E-state index contributed by atoms with van der Waals surface area (Å²) in [5.74, 6) is 0.684. The standard InChI is InChI=1S/C22H23ClN2O6/c1-28-18-12-14(11-15(23)20(18)29-2)21(26)25-13-19(22(27)24-7-9-30-10-8-24)31-17-6-4-3-5-16(17)25/h3-6,11-12,19H,7-10,13H2,1-2H3/t19-/m0/s1. The van der Waals surface area contributed by atoms with E-state index in [1.54, 1.807) is 34.1 Å². The Morgan fingerprint density at radius 1 is 1.10 bits per heavy atom. The number of nitrogens with zero attached hydrogens (tertiary/aromatic N) is 2. The second-order valence-electron chi connectivity index (χ2n) is 7.12. The maximum Gasteiger partial charge on any atom is 0.265 e. The van der Waals surface area contributed by atoms with Crippen LogP contribution in [-0.2, 0) is 9.53 Å². The van der Waals surface area contributed by atoms with Gasteiger partial charge in [-0.2, -0.15) is 0 Å². The molecule has 1 saturated heterocycles. The van der Waals surface area contributed by atoms with Crippen LogP contribution in [0, 0.1) is 0 Å². The molecule has 2 heterocycles. The van der Waals surface area contributed by atoms with E-state index in [1.807, 2.05) is 6.07 Å². The van der Waals surface area contributed by atoms with Crippen molar-refractivity contribution in [3.8, 4) is 17.2 Å². The van der Waals surface area contributed by atoms with Crippen LogP contribution in [0.4, 0.5) is 5.69 Å². The van der Waals surface area contributed by atoms with Gasteiger partial charge in [0.05, 0.1) is 44.7 Å². The molecule has 164 valence electrons. The topological polar surface area (TPSA) is 77.5 Å². The summed E-state index contributed by atoms with van der Waals surface area (Å²) in [7, 11) is 2.95. The van der Waals surface area contributed by atoms with Gasteiger partial charge in [-0.25, -0.2) is 0 Å². The molecule has 9 heteroatoms. The maximum absolute atomic E-state index is 13.5. The molecule has 1 atom stereocenters. The third-order valence-corrected chi connectivity index (χ3v) is 5.58. The van der Waals surface area contributed by atoms with Crippen molar-refractivity contribution in [3.05, 3.63) is 47.0 Å². The molecule has 0 spiro atoms. The van der Waals surface area contributed by atoms with Crippen molar-refractivity contribution < 1.29 is 28.5 Å². The molecule has 31 heavy (non-hydrogen) atoms. The zero-order valence-electron chi connectivity index (χ0n) is 17.3. The summed E-state index contributed by atoms with van der Waals surface area (Å²) in [5.41, 5.74) is 0.904. The number of morpholine rings is 1. The Balaban J connectivity index is 1.67. The highest BCUT2D eigenvalue weighted by Gasteiger charge is 2.37. The van der Waals surface area contributed by atoms with Crippen molar-refractivity contribution in [1.29, 1.82) is 0 Å². The fourth-order valence-electron chi connectivity index (χ4n) is 3.74. The maximum atomic E-state index is 13.5. The number of methoxy groups -OCH3 is 2. The van der Waals surface area contributed by atoms with Crippen molar-refractivity contribution in [2.45, 2.75) is 6.10 Å². The first kappa shape index (κ1) is 21.3. The van der Waals surface area contributed by atoms with Crippen LogP contribution in [-0.4, -0.2) is 69.9 Å². The first-order valence-electron chi connectivity index (χ1n) is 9.89. The van der Waals surface area contributed by atoms with Crippen molar-refractivity contribution in [2.24, 2.45) is 0 Å². The van der Waals surface area contributed by atoms with Crippen LogP contribution in [0.3, 0.4) is 0 Å². The second kappa shape index (κ2) is 9.03. The number of para-hydroxylation sites is 2. The quantitative estimate of drug-likeness (QED) is 0.718. The lowest BCUT2D eigenvalue weighted by atomic mass is 10.1. The highest BCUT2D eigenvalue weighted by molar-refractivity contribution is 6.33. The molecule has 0 bridgehead atoms. The number of hydrogen-bond donors (Lipinski definition) is 0. The Bertz CT molecular complexity index is 992. The van der Waals surface area contributed by atoms with Crippen molar-refractivity contribution >= 4 is 29.1 Å². The summed E-state index contributed by atoms with van der Waals surface area (Å²) in [6, 6.07) is 10.2. The number of anilines is 1. The van der Waals surface area contributed by atoms with E-state index in [2.05, 4.69) is 0 Å². The van der Waals surface area contributed by atoms with E-state index in [-0.39, 0.29) is 23.4 Å². The van der Waals surface area contributed by atoms with Crippen LogP contribution in [0.5, 0.6) is 17.2 Å². The Hall–Kier alpha value is -2.97. The van der Waals surface area contributed by atoms with Gasteiger partial charge in [0.15, 0.2) is 17.6 Å². The molecule has 4 rings (SSSR count). The number of carbonyl (C=O) groups is 2. The summed E-state index contributed by atoms with van der Waals surface area (Å²) >= 11 is 6.30. The molecule has 8 nitrogen and oxygen atoms in total. The van der Waals surface area contributed by atoms with Gasteiger partial charge in [0.2, 0.25) is 0 Å². The molecule has 0 unspecified atom stereocenters. The number of hydrogen-bond acceptors (Lipinski definition) is 6. The molecule has 2 aliphatic rings. The molecule has 0 radical (unpaired) electrons. The number of amides is 2. The van der Waals surface area contributed by atoms with Crippen LogP contribution in [0.15, 0.2) is 36.4 Å². The van der Waals surface area contributed by atoms with Crippen molar-refractivity contribution in [2.75, 3.05) is 52.0 Å². The zero-order chi connectivity index (χ0) is 22.0. The van der Waals surface area contributed by atoms with Gasteiger partial charge in [-0.05, 0) is 24.3 Å². The second-order valence-corrected chi connectivity index (χ2v) is 7.53. The van der Waals surface area contributed by atoms with Gasteiger partial charge in [0.1, 0.15) is 5.75 Å². The minimum absolute atomic E-state index is 0.0814. The smallest absolute Gasteiger partial charge is 0.265 e. The largest absolute Gasteiger partial charge is 0.493 e. The van der Waals surface area contributed by atoms with Crippen molar-refractivity contribution in [1.82, 2.24) is 4.90 Å². The molecule has 0 N–H and O–H groups in total. The minimum atomic E-state index is -0.812. The van der Waals surface area contributed by atoms with E-state index in [0.29, 0.717) is 54.8 Å². The van der Waals surface area contributed by atoms with Crippen LogP contribution < -0.4 is 19.1 Å². The van der Waals surface area contributed by atoms with E-state index < -0.39 is 6.10 Å². The van der Waals surface area contributed by atoms with Gasteiger partial charge in [0, 0.05) is 18.7 Å². The van der Waals surface area contributed by atoms with Crippen LogP contribution >= 0.6 is 11.6 Å². The van der Waals surface area contributed by atoms with Gasteiger partial charge in [-0.1, -0.05) is 23.7 Å². The summed E-state index contributed by atoms with van der Waals surface area (Å²) in [6.07, 6.45) is -0.812. The molecule has 1 fully saturated rings. The van der Waals surface area contributed by atoms with E-state index in [9.17, 15) is 9.59 Å². The summed E-state index contributed by atoms with van der Waals surface area (Å²) < 4.78 is 21.9.